The third-order valence-electron chi connectivity index (χ3n) is 3.74. The molecule has 0 aromatic carbocycles. The van der Waals surface area contributed by atoms with Crippen molar-refractivity contribution in [3.63, 3.8) is 0 Å². The van der Waals surface area contributed by atoms with Crippen LogP contribution in [0.2, 0.25) is 0 Å². The zero-order chi connectivity index (χ0) is 11.3. The van der Waals surface area contributed by atoms with Crippen molar-refractivity contribution in [2.24, 2.45) is 5.92 Å². The van der Waals surface area contributed by atoms with Crippen LogP contribution in [0.4, 0.5) is 0 Å². The first kappa shape index (κ1) is 10.5. The highest BCUT2D eigenvalue weighted by Gasteiger charge is 2.33. The first-order valence-corrected chi connectivity index (χ1v) is 6.52. The Labute approximate surface area is 103 Å². The van der Waals surface area contributed by atoms with E-state index in [9.17, 15) is 4.79 Å². The van der Waals surface area contributed by atoms with Gasteiger partial charge in [-0.25, -0.2) is 0 Å². The molecule has 1 aromatic heterocycles. The van der Waals surface area contributed by atoms with Crippen LogP contribution in [-0.4, -0.2) is 29.6 Å². The molecule has 2 atom stereocenters. The number of halogens is 1. The molecule has 86 valence electrons. The summed E-state index contributed by atoms with van der Waals surface area (Å²) in [6, 6.07) is 3.99. The summed E-state index contributed by atoms with van der Waals surface area (Å²) in [6.45, 7) is 3.08. The van der Waals surface area contributed by atoms with Gasteiger partial charge >= 0.3 is 0 Å². The molecule has 0 radical (unpaired) electrons. The quantitative estimate of drug-likeness (QED) is 0.723. The molecule has 2 aliphatic heterocycles. The standard InChI is InChI=1S/C12H15BrN2O/c1-14-5-8-4-9(7-14)11-3-2-10(13)12(16)15(11)6-8/h2-3,8-9H,4-7H2,1H3/t8-,9+/m0/s1. The second-order valence-corrected chi connectivity index (χ2v) is 5.90. The number of piperidine rings is 1. The van der Waals surface area contributed by atoms with Gasteiger partial charge in [-0.15, -0.1) is 0 Å². The van der Waals surface area contributed by atoms with Crippen LogP contribution >= 0.6 is 15.9 Å². The minimum atomic E-state index is 0.136. The first-order valence-electron chi connectivity index (χ1n) is 5.73. The van der Waals surface area contributed by atoms with Crippen molar-refractivity contribution in [3.05, 3.63) is 32.7 Å². The van der Waals surface area contributed by atoms with Gasteiger partial charge in [0.05, 0.1) is 4.47 Å². The lowest BCUT2D eigenvalue weighted by molar-refractivity contribution is 0.144. The summed E-state index contributed by atoms with van der Waals surface area (Å²) >= 11 is 3.32. The fourth-order valence-corrected chi connectivity index (χ4v) is 3.50. The predicted octanol–water partition coefficient (Wildman–Crippen LogP) is 1.66. The average molecular weight is 283 g/mol. The minimum Gasteiger partial charge on any atom is -0.311 e. The summed E-state index contributed by atoms with van der Waals surface area (Å²) in [6.07, 6.45) is 1.24. The van der Waals surface area contributed by atoms with E-state index in [4.69, 9.17) is 0 Å². The van der Waals surface area contributed by atoms with Crippen LogP contribution in [0.3, 0.4) is 0 Å². The first-order chi connectivity index (χ1) is 7.65. The fourth-order valence-electron chi connectivity index (χ4n) is 3.16. The average Bonchev–Trinajstić information content (AvgIpc) is 2.23. The van der Waals surface area contributed by atoms with Crippen LogP contribution < -0.4 is 5.56 Å². The van der Waals surface area contributed by atoms with E-state index in [1.165, 1.54) is 12.1 Å². The van der Waals surface area contributed by atoms with E-state index < -0.39 is 0 Å². The number of pyridine rings is 1. The Hall–Kier alpha value is -0.610. The molecule has 0 unspecified atom stereocenters. The fraction of sp³-hybridized carbons (Fsp3) is 0.583. The van der Waals surface area contributed by atoms with Gasteiger partial charge in [0, 0.05) is 31.2 Å². The Kier molecular flexibility index (Phi) is 2.44. The Morgan fingerprint density at radius 2 is 2.12 bits per heavy atom. The number of rotatable bonds is 0. The van der Waals surface area contributed by atoms with E-state index in [2.05, 4.69) is 33.9 Å². The third-order valence-corrected chi connectivity index (χ3v) is 4.34. The van der Waals surface area contributed by atoms with Crippen molar-refractivity contribution in [3.8, 4) is 0 Å². The Balaban J connectivity index is 2.12. The summed E-state index contributed by atoms with van der Waals surface area (Å²) in [5.74, 6) is 1.18. The summed E-state index contributed by atoms with van der Waals surface area (Å²) in [7, 11) is 2.17. The summed E-state index contributed by atoms with van der Waals surface area (Å²) in [4.78, 5) is 14.4. The summed E-state index contributed by atoms with van der Waals surface area (Å²) < 4.78 is 2.65. The molecule has 1 saturated heterocycles. The highest BCUT2D eigenvalue weighted by molar-refractivity contribution is 9.10. The van der Waals surface area contributed by atoms with E-state index in [1.54, 1.807) is 0 Å². The van der Waals surface area contributed by atoms with Crippen molar-refractivity contribution in [1.29, 1.82) is 0 Å². The third kappa shape index (κ3) is 1.55. The second kappa shape index (κ2) is 3.70. The van der Waals surface area contributed by atoms with Gasteiger partial charge in [0.1, 0.15) is 0 Å². The molecule has 2 bridgehead atoms. The molecule has 4 heteroatoms. The van der Waals surface area contributed by atoms with Crippen LogP contribution in [0.15, 0.2) is 21.4 Å². The van der Waals surface area contributed by atoms with Crippen LogP contribution in [-0.2, 0) is 6.54 Å². The minimum absolute atomic E-state index is 0.136. The van der Waals surface area contributed by atoms with Crippen LogP contribution in [0.1, 0.15) is 18.0 Å². The molecule has 1 fully saturated rings. The van der Waals surface area contributed by atoms with E-state index in [0.29, 0.717) is 16.3 Å². The molecule has 0 saturated carbocycles. The molecular formula is C12H15BrN2O. The highest BCUT2D eigenvalue weighted by atomic mass is 79.9. The lowest BCUT2D eigenvalue weighted by atomic mass is 9.83. The smallest absolute Gasteiger partial charge is 0.265 e. The molecule has 16 heavy (non-hydrogen) atoms. The highest BCUT2D eigenvalue weighted by Crippen LogP contribution is 2.34. The Morgan fingerprint density at radius 3 is 2.94 bits per heavy atom. The monoisotopic (exact) mass is 282 g/mol. The summed E-state index contributed by atoms with van der Waals surface area (Å²) in [5.41, 5.74) is 1.35. The number of fused-ring (bicyclic) bond motifs is 4. The van der Waals surface area contributed by atoms with Crippen LogP contribution in [0, 0.1) is 5.92 Å². The van der Waals surface area contributed by atoms with Gasteiger partial charge in [0.15, 0.2) is 0 Å². The van der Waals surface area contributed by atoms with Crippen molar-refractivity contribution in [2.45, 2.75) is 18.9 Å². The zero-order valence-electron chi connectivity index (χ0n) is 9.32. The number of likely N-dealkylation sites (N-methyl/N-ethyl adjacent to an activating group) is 1. The van der Waals surface area contributed by atoms with Gasteiger partial charge in [0.25, 0.3) is 5.56 Å². The second-order valence-electron chi connectivity index (χ2n) is 5.04. The van der Waals surface area contributed by atoms with Gasteiger partial charge in [-0.05, 0) is 47.4 Å². The van der Waals surface area contributed by atoms with E-state index in [-0.39, 0.29) is 5.56 Å². The number of likely N-dealkylation sites (tertiary alicyclic amines) is 1. The number of nitrogens with zero attached hydrogens (tertiary/aromatic N) is 2. The maximum absolute atomic E-state index is 12.0. The molecule has 0 amide bonds. The Morgan fingerprint density at radius 1 is 1.31 bits per heavy atom. The van der Waals surface area contributed by atoms with Crippen molar-refractivity contribution in [2.75, 3.05) is 20.1 Å². The molecule has 0 spiro atoms. The van der Waals surface area contributed by atoms with E-state index in [1.807, 2.05) is 10.6 Å². The topological polar surface area (TPSA) is 25.2 Å². The summed E-state index contributed by atoms with van der Waals surface area (Å²) in [5, 5.41) is 0. The SMILES string of the molecule is CN1C[C@@H]2C[C@H](C1)c1ccc(Br)c(=O)n1C2. The van der Waals surface area contributed by atoms with Crippen LogP contribution in [0.25, 0.3) is 0 Å². The molecule has 3 nitrogen and oxygen atoms in total. The maximum Gasteiger partial charge on any atom is 0.265 e. The van der Waals surface area contributed by atoms with Crippen molar-refractivity contribution < 1.29 is 0 Å². The molecule has 1 aromatic rings. The lowest BCUT2D eigenvalue weighted by Gasteiger charge is -2.41. The predicted molar refractivity (Wildman–Crippen MR) is 66.7 cm³/mol. The molecule has 0 aliphatic carbocycles. The normalized spacial score (nSPS) is 28.9. The van der Waals surface area contributed by atoms with Gasteiger partial charge < -0.3 is 9.47 Å². The van der Waals surface area contributed by atoms with Gasteiger partial charge in [0.2, 0.25) is 0 Å². The zero-order valence-corrected chi connectivity index (χ0v) is 10.9. The molecule has 0 N–H and O–H groups in total. The van der Waals surface area contributed by atoms with Gasteiger partial charge in [-0.1, -0.05) is 0 Å². The van der Waals surface area contributed by atoms with Crippen LogP contribution in [0.5, 0.6) is 0 Å². The molecule has 2 aliphatic rings. The molecular weight excluding hydrogens is 268 g/mol. The Bertz CT molecular complexity index is 482. The van der Waals surface area contributed by atoms with Crippen molar-refractivity contribution >= 4 is 15.9 Å². The lowest BCUT2D eigenvalue weighted by Crippen LogP contribution is -2.45. The largest absolute Gasteiger partial charge is 0.311 e. The van der Waals surface area contributed by atoms with Crippen molar-refractivity contribution in [1.82, 2.24) is 9.47 Å². The number of hydrogen-bond donors (Lipinski definition) is 0. The van der Waals surface area contributed by atoms with E-state index in [0.717, 1.165) is 19.6 Å². The van der Waals surface area contributed by atoms with Gasteiger partial charge in [-0.3, -0.25) is 4.79 Å². The molecule has 3 rings (SSSR count). The maximum atomic E-state index is 12.0. The number of aromatic nitrogens is 1. The van der Waals surface area contributed by atoms with E-state index >= 15 is 0 Å². The molecule has 3 heterocycles. The van der Waals surface area contributed by atoms with Gasteiger partial charge in [-0.2, -0.15) is 0 Å². The number of hydrogen-bond acceptors (Lipinski definition) is 2.